The van der Waals surface area contributed by atoms with Crippen LogP contribution in [0.4, 0.5) is 0 Å². The molecule has 0 aromatic rings. The maximum absolute atomic E-state index is 12.4. The molecule has 0 fully saturated rings. The van der Waals surface area contributed by atoms with Crippen molar-refractivity contribution in [2.24, 2.45) is 0 Å². The Bertz CT molecular complexity index is 321. The Kier molecular flexibility index (Phi) is 7.45. The van der Waals surface area contributed by atoms with Gasteiger partial charge in [0, 0.05) is 5.57 Å². The van der Waals surface area contributed by atoms with Crippen molar-refractivity contribution in [3.8, 4) is 0 Å². The highest BCUT2D eigenvalue weighted by Crippen LogP contribution is 2.51. The van der Waals surface area contributed by atoms with Gasteiger partial charge < -0.3 is 13.8 Å². The molecule has 0 atom stereocenters. The molecule has 0 aliphatic carbocycles. The first-order chi connectivity index (χ1) is 8.20. The summed E-state index contributed by atoms with van der Waals surface area (Å²) in [5, 5.41) is 0. The lowest BCUT2D eigenvalue weighted by atomic mass is 10.4. The molecule has 0 aliphatic rings. The summed E-state index contributed by atoms with van der Waals surface area (Å²) in [7, 11) is -3.37. The molecule has 6 heteroatoms. The van der Waals surface area contributed by atoms with Gasteiger partial charge >= 0.3 is 13.6 Å². The lowest BCUT2D eigenvalue weighted by molar-refractivity contribution is -0.138. The van der Waals surface area contributed by atoms with Crippen molar-refractivity contribution in [3.05, 3.63) is 12.2 Å². The van der Waals surface area contributed by atoms with Gasteiger partial charge in [-0.05, 0) is 34.6 Å². The van der Waals surface area contributed by atoms with Crippen LogP contribution in [0.3, 0.4) is 0 Å². The van der Waals surface area contributed by atoms with Crippen LogP contribution in [-0.4, -0.2) is 30.9 Å². The lowest BCUT2D eigenvalue weighted by Crippen LogP contribution is -2.15. The highest BCUT2D eigenvalue weighted by atomic mass is 31.2. The molecule has 0 aliphatic heterocycles. The van der Waals surface area contributed by atoms with Crippen molar-refractivity contribution in [1.29, 1.82) is 0 Å². The van der Waals surface area contributed by atoms with Crippen LogP contribution in [-0.2, 0) is 23.1 Å². The van der Waals surface area contributed by atoms with E-state index < -0.39 is 13.6 Å². The van der Waals surface area contributed by atoms with Gasteiger partial charge in [0.05, 0.1) is 25.0 Å². The quantitative estimate of drug-likeness (QED) is 0.388. The predicted octanol–water partition coefficient (Wildman–Crippen LogP) is 3.15. The van der Waals surface area contributed by atoms with E-state index in [-0.39, 0.29) is 30.5 Å². The molecular formula is C12H23O5P. The first-order valence-electron chi connectivity index (χ1n) is 6.01. The minimum Gasteiger partial charge on any atom is -0.463 e. The average Bonchev–Trinajstić information content (AvgIpc) is 2.14. The number of carbonyl (C=O) groups excluding carboxylic acids is 1. The topological polar surface area (TPSA) is 61.8 Å². The van der Waals surface area contributed by atoms with E-state index >= 15 is 0 Å². The van der Waals surface area contributed by atoms with Gasteiger partial charge in [0.15, 0.2) is 0 Å². The Labute approximate surface area is 109 Å². The van der Waals surface area contributed by atoms with Gasteiger partial charge in [0.1, 0.15) is 0 Å². The molecule has 5 nitrogen and oxygen atoms in total. The molecule has 0 aromatic heterocycles. The minimum atomic E-state index is -3.37. The average molecular weight is 278 g/mol. The molecule has 0 heterocycles. The van der Waals surface area contributed by atoms with Gasteiger partial charge in [0.25, 0.3) is 0 Å². The van der Waals surface area contributed by atoms with E-state index in [9.17, 15) is 9.36 Å². The normalized spacial score (nSPS) is 11.9. The number of ether oxygens (including phenoxy) is 1. The molecule has 0 rings (SSSR count). The summed E-state index contributed by atoms with van der Waals surface area (Å²) in [5.41, 5.74) is 0.0986. The molecule has 0 saturated carbocycles. The van der Waals surface area contributed by atoms with Crippen LogP contribution in [0.1, 0.15) is 34.6 Å². The van der Waals surface area contributed by atoms with Crippen molar-refractivity contribution in [2.45, 2.75) is 46.8 Å². The Morgan fingerprint density at radius 1 is 1.17 bits per heavy atom. The summed E-state index contributed by atoms with van der Waals surface area (Å²) in [6, 6.07) is 0. The maximum Gasteiger partial charge on any atom is 0.335 e. The highest BCUT2D eigenvalue weighted by Gasteiger charge is 2.30. The first-order valence-corrected chi connectivity index (χ1v) is 7.73. The number of esters is 1. The van der Waals surface area contributed by atoms with Gasteiger partial charge in [-0.25, -0.2) is 4.79 Å². The number of hydrogen-bond acceptors (Lipinski definition) is 5. The van der Waals surface area contributed by atoms with Crippen molar-refractivity contribution < 1.29 is 23.1 Å². The second kappa shape index (κ2) is 7.72. The number of rotatable bonds is 8. The Morgan fingerprint density at radius 3 is 1.94 bits per heavy atom. The van der Waals surface area contributed by atoms with E-state index in [4.69, 9.17) is 13.8 Å². The molecular weight excluding hydrogens is 255 g/mol. The van der Waals surface area contributed by atoms with Crippen LogP contribution in [0.2, 0.25) is 0 Å². The molecule has 0 aromatic carbocycles. The van der Waals surface area contributed by atoms with Crippen LogP contribution in [0, 0.1) is 0 Å². The zero-order valence-electron chi connectivity index (χ0n) is 11.8. The summed E-state index contributed by atoms with van der Waals surface area (Å²) in [5.74, 6) is -0.572. The summed E-state index contributed by atoms with van der Waals surface area (Å²) < 4.78 is 27.9. The van der Waals surface area contributed by atoms with Crippen LogP contribution in [0.5, 0.6) is 0 Å². The molecule has 0 N–H and O–H groups in total. The van der Waals surface area contributed by atoms with E-state index in [0.717, 1.165) is 0 Å². The van der Waals surface area contributed by atoms with E-state index in [1.165, 1.54) is 0 Å². The van der Waals surface area contributed by atoms with E-state index in [1.54, 1.807) is 34.6 Å². The second-order valence-corrected chi connectivity index (χ2v) is 6.36. The molecule has 0 spiro atoms. The largest absolute Gasteiger partial charge is 0.463 e. The number of hydrogen-bond donors (Lipinski definition) is 0. The third-order valence-corrected chi connectivity index (χ3v) is 3.95. The zero-order chi connectivity index (χ0) is 14.3. The summed E-state index contributed by atoms with van der Waals surface area (Å²) in [6.45, 7) is 12.5. The monoisotopic (exact) mass is 278 g/mol. The van der Waals surface area contributed by atoms with E-state index in [1.807, 2.05) is 0 Å². The fourth-order valence-corrected chi connectivity index (χ4v) is 3.35. The van der Waals surface area contributed by atoms with E-state index in [2.05, 4.69) is 6.58 Å². The van der Waals surface area contributed by atoms with Crippen molar-refractivity contribution in [3.63, 3.8) is 0 Å². The van der Waals surface area contributed by atoms with Gasteiger partial charge in [-0.2, -0.15) is 0 Å². The maximum atomic E-state index is 12.4. The third kappa shape index (κ3) is 6.94. The van der Waals surface area contributed by atoms with Gasteiger partial charge in [0.2, 0.25) is 0 Å². The third-order valence-electron chi connectivity index (χ3n) is 1.69. The van der Waals surface area contributed by atoms with Gasteiger partial charge in [-0.1, -0.05) is 6.58 Å². The standard InChI is InChI=1S/C12H23O5P/c1-7-15-12(13)11(6)8-18(14,16-9(2)3)17-10(4)5/h9-10H,6-8H2,1-5H3. The first kappa shape index (κ1) is 17.4. The van der Waals surface area contributed by atoms with Crippen LogP contribution >= 0.6 is 7.60 Å². The smallest absolute Gasteiger partial charge is 0.335 e. The minimum absolute atomic E-state index is 0.0986. The van der Waals surface area contributed by atoms with E-state index in [0.29, 0.717) is 0 Å². The second-order valence-electron chi connectivity index (χ2n) is 4.40. The lowest BCUT2D eigenvalue weighted by Gasteiger charge is -2.23. The van der Waals surface area contributed by atoms with Crippen molar-refractivity contribution >= 4 is 13.6 Å². The number of carbonyl (C=O) groups is 1. The van der Waals surface area contributed by atoms with Crippen LogP contribution in [0.25, 0.3) is 0 Å². The van der Waals surface area contributed by atoms with Crippen molar-refractivity contribution in [2.75, 3.05) is 12.8 Å². The molecule has 0 radical (unpaired) electrons. The molecule has 0 bridgehead atoms. The molecule has 106 valence electrons. The zero-order valence-corrected chi connectivity index (χ0v) is 12.7. The van der Waals surface area contributed by atoms with Gasteiger partial charge in [-0.3, -0.25) is 4.57 Å². The van der Waals surface area contributed by atoms with Crippen LogP contribution in [0.15, 0.2) is 12.2 Å². The van der Waals surface area contributed by atoms with Crippen molar-refractivity contribution in [1.82, 2.24) is 0 Å². The summed E-state index contributed by atoms with van der Waals surface area (Å²) in [4.78, 5) is 11.4. The molecule has 0 amide bonds. The SMILES string of the molecule is C=C(CP(=O)(OC(C)C)OC(C)C)C(=O)OCC. The molecule has 0 saturated heterocycles. The summed E-state index contributed by atoms with van der Waals surface area (Å²) >= 11 is 0. The fraction of sp³-hybridized carbons (Fsp3) is 0.750. The van der Waals surface area contributed by atoms with Crippen LogP contribution < -0.4 is 0 Å². The Hall–Kier alpha value is -0.640. The predicted molar refractivity (Wildman–Crippen MR) is 70.7 cm³/mol. The Morgan fingerprint density at radius 2 is 1.61 bits per heavy atom. The Balaban J connectivity index is 4.73. The van der Waals surface area contributed by atoms with Gasteiger partial charge in [-0.15, -0.1) is 0 Å². The fourth-order valence-electron chi connectivity index (χ4n) is 1.27. The summed E-state index contributed by atoms with van der Waals surface area (Å²) in [6.07, 6.45) is -0.670. The molecule has 0 unspecified atom stereocenters. The highest BCUT2D eigenvalue weighted by molar-refractivity contribution is 7.54. The molecule has 18 heavy (non-hydrogen) atoms.